The van der Waals surface area contributed by atoms with Crippen LogP contribution in [0.4, 0.5) is 0 Å². The number of thioether (sulfide) groups is 1. The van der Waals surface area contributed by atoms with Crippen molar-refractivity contribution in [2.24, 2.45) is 23.7 Å². The van der Waals surface area contributed by atoms with Gasteiger partial charge in [-0.05, 0) is 62.7 Å². The van der Waals surface area contributed by atoms with E-state index < -0.39 is 0 Å². The van der Waals surface area contributed by atoms with E-state index in [1.54, 1.807) is 23.1 Å². The van der Waals surface area contributed by atoms with Gasteiger partial charge in [0.15, 0.2) is 4.34 Å². The van der Waals surface area contributed by atoms with Crippen molar-refractivity contribution >= 4 is 29.0 Å². The van der Waals surface area contributed by atoms with Crippen molar-refractivity contribution in [2.75, 3.05) is 5.75 Å². The van der Waals surface area contributed by atoms with Crippen LogP contribution in [0.1, 0.15) is 37.8 Å². The second-order valence-electron chi connectivity index (χ2n) is 7.07. The van der Waals surface area contributed by atoms with Crippen LogP contribution in [0.15, 0.2) is 9.72 Å². The number of nitrogens with zero attached hydrogens (tertiary/aromatic N) is 1. The van der Waals surface area contributed by atoms with E-state index in [-0.39, 0.29) is 5.91 Å². The molecular formula is C16H22N2OS2. The zero-order valence-corrected chi connectivity index (χ0v) is 14.0. The normalized spacial score (nSPS) is 36.9. The fourth-order valence-corrected chi connectivity index (χ4v) is 6.57. The Hall–Kier alpha value is -0.550. The number of hydrogen-bond acceptors (Lipinski definition) is 4. The lowest BCUT2D eigenvalue weighted by Crippen LogP contribution is -2.56. The molecule has 4 fully saturated rings. The highest BCUT2D eigenvalue weighted by Gasteiger charge is 2.48. The third-order valence-electron chi connectivity index (χ3n) is 5.48. The zero-order chi connectivity index (χ0) is 14.4. The first-order valence-electron chi connectivity index (χ1n) is 8.01. The molecule has 5 heteroatoms. The maximum Gasteiger partial charge on any atom is 0.230 e. The molecule has 4 bridgehead atoms. The number of aryl methyl sites for hydroxylation is 1. The molecular weight excluding hydrogens is 300 g/mol. The monoisotopic (exact) mass is 322 g/mol. The molecule has 1 heterocycles. The smallest absolute Gasteiger partial charge is 0.230 e. The molecule has 5 rings (SSSR count). The van der Waals surface area contributed by atoms with Gasteiger partial charge in [-0.15, -0.1) is 11.3 Å². The molecule has 0 saturated heterocycles. The molecule has 1 N–H and O–H groups in total. The van der Waals surface area contributed by atoms with E-state index in [0.717, 1.165) is 33.7 Å². The number of carbonyl (C=O) groups excluding carboxylic acids is 1. The lowest BCUT2D eigenvalue weighted by atomic mass is 9.54. The Morgan fingerprint density at radius 1 is 1.29 bits per heavy atom. The Balaban J connectivity index is 1.32. The summed E-state index contributed by atoms with van der Waals surface area (Å²) < 4.78 is 1.01. The second kappa shape index (κ2) is 5.58. The minimum atomic E-state index is 0.199. The van der Waals surface area contributed by atoms with Gasteiger partial charge in [0, 0.05) is 17.1 Å². The van der Waals surface area contributed by atoms with E-state index in [1.807, 2.05) is 12.3 Å². The molecule has 0 spiro atoms. The first kappa shape index (κ1) is 14.1. The van der Waals surface area contributed by atoms with E-state index in [2.05, 4.69) is 10.3 Å². The summed E-state index contributed by atoms with van der Waals surface area (Å²) in [6.07, 6.45) is 6.90. The molecule has 21 heavy (non-hydrogen) atoms. The van der Waals surface area contributed by atoms with Gasteiger partial charge in [0.2, 0.25) is 5.91 Å². The van der Waals surface area contributed by atoms with Crippen molar-refractivity contribution < 1.29 is 4.79 Å². The highest BCUT2D eigenvalue weighted by Crippen LogP contribution is 2.53. The number of thiazole rings is 1. The van der Waals surface area contributed by atoms with E-state index in [9.17, 15) is 4.79 Å². The first-order chi connectivity index (χ1) is 10.2. The van der Waals surface area contributed by atoms with Crippen molar-refractivity contribution in [1.82, 2.24) is 10.3 Å². The Morgan fingerprint density at radius 3 is 2.52 bits per heavy atom. The zero-order valence-electron chi connectivity index (χ0n) is 12.4. The van der Waals surface area contributed by atoms with Crippen LogP contribution in [0.25, 0.3) is 0 Å². The number of carbonyl (C=O) groups is 1. The highest BCUT2D eigenvalue weighted by molar-refractivity contribution is 8.01. The maximum absolute atomic E-state index is 12.3. The van der Waals surface area contributed by atoms with Crippen LogP contribution in [0, 0.1) is 30.6 Å². The van der Waals surface area contributed by atoms with E-state index in [1.165, 1.54) is 32.1 Å². The Morgan fingerprint density at radius 2 is 1.95 bits per heavy atom. The summed E-state index contributed by atoms with van der Waals surface area (Å²) in [5.41, 5.74) is 1.05. The fourth-order valence-electron chi connectivity index (χ4n) is 4.91. The summed E-state index contributed by atoms with van der Waals surface area (Å²) in [5.74, 6) is 4.16. The average Bonchev–Trinajstić information content (AvgIpc) is 2.85. The molecule has 0 radical (unpaired) electrons. The highest BCUT2D eigenvalue weighted by atomic mass is 32.2. The summed E-state index contributed by atoms with van der Waals surface area (Å²) >= 11 is 3.20. The second-order valence-corrected chi connectivity index (χ2v) is 9.15. The van der Waals surface area contributed by atoms with Crippen LogP contribution in [0.5, 0.6) is 0 Å². The Kier molecular flexibility index (Phi) is 3.74. The third-order valence-corrected chi connectivity index (χ3v) is 7.62. The SMILES string of the molecule is Cc1csc(SCC(=O)NC2C3CC4CC(C3)CC2C4)n1. The standard InChI is InChI=1S/C16H22N2OS2/c1-9-7-20-16(17-9)21-8-14(19)18-15-12-3-10-2-11(5-12)6-13(15)4-10/h7,10-13,15H,2-6,8H2,1H3,(H,18,19). The molecule has 0 atom stereocenters. The molecule has 114 valence electrons. The summed E-state index contributed by atoms with van der Waals surface area (Å²) in [6.45, 7) is 2.00. The first-order valence-corrected chi connectivity index (χ1v) is 9.88. The molecule has 4 aliphatic rings. The molecule has 1 amide bonds. The molecule has 0 unspecified atom stereocenters. The molecule has 0 aliphatic heterocycles. The van der Waals surface area contributed by atoms with Crippen LogP contribution in [-0.4, -0.2) is 22.7 Å². The van der Waals surface area contributed by atoms with Gasteiger partial charge < -0.3 is 5.32 Å². The topological polar surface area (TPSA) is 42.0 Å². The van der Waals surface area contributed by atoms with Gasteiger partial charge in [0.25, 0.3) is 0 Å². The molecule has 3 nitrogen and oxygen atoms in total. The minimum absolute atomic E-state index is 0.199. The maximum atomic E-state index is 12.3. The summed E-state index contributed by atoms with van der Waals surface area (Å²) in [4.78, 5) is 16.7. The van der Waals surface area contributed by atoms with Gasteiger partial charge >= 0.3 is 0 Å². The Labute approximate surface area is 134 Å². The van der Waals surface area contributed by atoms with Gasteiger partial charge in [-0.2, -0.15) is 0 Å². The van der Waals surface area contributed by atoms with Gasteiger partial charge in [-0.25, -0.2) is 4.98 Å². The summed E-state index contributed by atoms with van der Waals surface area (Å²) in [7, 11) is 0. The molecule has 4 aliphatic carbocycles. The van der Waals surface area contributed by atoms with Gasteiger partial charge in [0.1, 0.15) is 0 Å². The van der Waals surface area contributed by atoms with Gasteiger partial charge in [-0.3, -0.25) is 4.79 Å². The number of amides is 1. The lowest BCUT2D eigenvalue weighted by Gasteiger charge is -2.54. The van der Waals surface area contributed by atoms with Crippen molar-refractivity contribution in [3.05, 3.63) is 11.1 Å². The largest absolute Gasteiger partial charge is 0.352 e. The van der Waals surface area contributed by atoms with Crippen LogP contribution in [0.2, 0.25) is 0 Å². The quantitative estimate of drug-likeness (QED) is 0.863. The fraction of sp³-hybridized carbons (Fsp3) is 0.750. The predicted octanol–water partition coefficient (Wildman–Crippen LogP) is 3.48. The van der Waals surface area contributed by atoms with Crippen molar-refractivity contribution in [3.8, 4) is 0 Å². The van der Waals surface area contributed by atoms with Crippen LogP contribution in [0.3, 0.4) is 0 Å². The van der Waals surface area contributed by atoms with Crippen molar-refractivity contribution in [3.63, 3.8) is 0 Å². The minimum Gasteiger partial charge on any atom is -0.352 e. The predicted molar refractivity (Wildman–Crippen MR) is 86.6 cm³/mol. The Bertz CT molecular complexity index is 514. The van der Waals surface area contributed by atoms with Crippen LogP contribution in [-0.2, 0) is 4.79 Å². The van der Waals surface area contributed by atoms with Gasteiger partial charge in [0.05, 0.1) is 5.75 Å². The van der Waals surface area contributed by atoms with Gasteiger partial charge in [-0.1, -0.05) is 11.8 Å². The lowest BCUT2D eigenvalue weighted by molar-refractivity contribution is -0.122. The van der Waals surface area contributed by atoms with E-state index >= 15 is 0 Å². The van der Waals surface area contributed by atoms with Crippen LogP contribution >= 0.6 is 23.1 Å². The summed E-state index contributed by atoms with van der Waals surface area (Å²) in [6, 6.07) is 0.462. The number of aromatic nitrogens is 1. The number of hydrogen-bond donors (Lipinski definition) is 1. The van der Waals surface area contributed by atoms with E-state index in [0.29, 0.717) is 11.8 Å². The number of rotatable bonds is 4. The molecule has 4 saturated carbocycles. The number of nitrogens with one attached hydrogen (secondary N) is 1. The summed E-state index contributed by atoms with van der Waals surface area (Å²) in [5, 5.41) is 5.40. The average molecular weight is 322 g/mol. The van der Waals surface area contributed by atoms with Crippen molar-refractivity contribution in [1.29, 1.82) is 0 Å². The molecule has 1 aromatic rings. The molecule has 0 aromatic carbocycles. The van der Waals surface area contributed by atoms with E-state index in [4.69, 9.17) is 0 Å². The van der Waals surface area contributed by atoms with Crippen molar-refractivity contribution in [2.45, 2.75) is 49.4 Å². The third kappa shape index (κ3) is 2.87. The van der Waals surface area contributed by atoms with Crippen LogP contribution < -0.4 is 5.32 Å². The molecule has 1 aromatic heterocycles.